The summed E-state index contributed by atoms with van der Waals surface area (Å²) in [7, 11) is 1.51. The Kier molecular flexibility index (Phi) is 4.91. The van der Waals surface area contributed by atoms with Gasteiger partial charge >= 0.3 is 5.63 Å². The molecule has 8 heteroatoms. The summed E-state index contributed by atoms with van der Waals surface area (Å²) in [5.41, 5.74) is 1.72. The van der Waals surface area contributed by atoms with Gasteiger partial charge in [-0.2, -0.15) is 0 Å². The molecule has 0 unspecified atom stereocenters. The average Bonchev–Trinajstić information content (AvgIpc) is 3.20. The van der Waals surface area contributed by atoms with Crippen LogP contribution in [0.2, 0.25) is 0 Å². The molecule has 0 aliphatic carbocycles. The zero-order chi connectivity index (χ0) is 21.4. The number of ether oxygens (including phenoxy) is 1. The number of carbonyl (C=O) groups is 1. The van der Waals surface area contributed by atoms with Crippen LogP contribution < -0.4 is 10.4 Å². The summed E-state index contributed by atoms with van der Waals surface area (Å²) in [5, 5.41) is 0.658. The second-order valence-corrected chi connectivity index (χ2v) is 7.60. The highest BCUT2D eigenvalue weighted by Crippen LogP contribution is 2.25. The van der Waals surface area contributed by atoms with Crippen molar-refractivity contribution < 1.29 is 13.9 Å². The number of rotatable bonds is 4. The van der Waals surface area contributed by atoms with E-state index in [1.165, 1.54) is 7.11 Å². The molecule has 8 nitrogen and oxygen atoms in total. The van der Waals surface area contributed by atoms with E-state index in [-0.39, 0.29) is 11.5 Å². The van der Waals surface area contributed by atoms with Crippen LogP contribution in [0.1, 0.15) is 16.2 Å². The lowest BCUT2D eigenvalue weighted by Gasteiger charge is -2.34. The number of hydrogen-bond donors (Lipinski definition) is 1. The fourth-order valence-corrected chi connectivity index (χ4v) is 4.00. The van der Waals surface area contributed by atoms with Crippen LogP contribution in [0, 0.1) is 0 Å². The third kappa shape index (κ3) is 3.66. The summed E-state index contributed by atoms with van der Waals surface area (Å²) in [6.07, 6.45) is 0. The van der Waals surface area contributed by atoms with E-state index >= 15 is 0 Å². The Labute approximate surface area is 178 Å². The summed E-state index contributed by atoms with van der Waals surface area (Å²) in [6.45, 7) is 3.17. The monoisotopic (exact) mass is 418 g/mol. The second kappa shape index (κ2) is 7.88. The third-order valence-corrected chi connectivity index (χ3v) is 5.65. The van der Waals surface area contributed by atoms with Gasteiger partial charge in [0.05, 0.1) is 24.7 Å². The van der Waals surface area contributed by atoms with E-state index in [2.05, 4.69) is 14.9 Å². The number of nitrogens with one attached hydrogen (secondary N) is 1. The van der Waals surface area contributed by atoms with Crippen molar-refractivity contribution in [2.45, 2.75) is 6.54 Å². The summed E-state index contributed by atoms with van der Waals surface area (Å²) in [5.74, 6) is 1.07. The van der Waals surface area contributed by atoms with Gasteiger partial charge in [-0.1, -0.05) is 24.3 Å². The number of methoxy groups -OCH3 is 1. The van der Waals surface area contributed by atoms with Gasteiger partial charge in [0.25, 0.3) is 5.91 Å². The van der Waals surface area contributed by atoms with Gasteiger partial charge in [0, 0.05) is 31.6 Å². The molecule has 1 aliphatic heterocycles. The Bertz CT molecular complexity index is 1290. The molecule has 1 amide bonds. The largest absolute Gasteiger partial charge is 0.493 e. The standard InChI is InChI=1S/C23H22N4O4/c1-30-19-8-4-5-15-13-16(23(29)31-21(15)19)22(28)27-11-9-26(10-12-27)14-20-24-17-6-2-3-7-18(17)25-20/h2-8,13H,9-12,14H2,1H3,(H,24,25). The highest BCUT2D eigenvalue weighted by atomic mass is 16.5. The summed E-state index contributed by atoms with van der Waals surface area (Å²) >= 11 is 0. The lowest BCUT2D eigenvalue weighted by Crippen LogP contribution is -2.49. The molecule has 31 heavy (non-hydrogen) atoms. The van der Waals surface area contributed by atoms with Crippen molar-refractivity contribution in [2.75, 3.05) is 33.3 Å². The Balaban J connectivity index is 1.28. The van der Waals surface area contributed by atoms with E-state index in [0.29, 0.717) is 49.4 Å². The van der Waals surface area contributed by atoms with Crippen molar-refractivity contribution >= 4 is 27.9 Å². The minimum atomic E-state index is -0.647. The highest BCUT2D eigenvalue weighted by Gasteiger charge is 2.25. The Morgan fingerprint density at radius 2 is 1.94 bits per heavy atom. The van der Waals surface area contributed by atoms with Gasteiger partial charge in [0.2, 0.25) is 0 Å². The molecule has 5 rings (SSSR count). The first-order valence-corrected chi connectivity index (χ1v) is 10.2. The van der Waals surface area contributed by atoms with Gasteiger partial charge < -0.3 is 19.0 Å². The molecule has 1 saturated heterocycles. The second-order valence-electron chi connectivity index (χ2n) is 7.60. The molecule has 0 spiro atoms. The predicted octanol–water partition coefficient (Wildman–Crippen LogP) is 2.64. The van der Waals surface area contributed by atoms with Crippen LogP contribution in [0.25, 0.3) is 22.0 Å². The van der Waals surface area contributed by atoms with Crippen LogP contribution in [-0.2, 0) is 6.54 Å². The topological polar surface area (TPSA) is 91.7 Å². The number of piperazine rings is 1. The van der Waals surface area contributed by atoms with Crippen molar-refractivity contribution in [1.29, 1.82) is 0 Å². The minimum Gasteiger partial charge on any atom is -0.493 e. The lowest BCUT2D eigenvalue weighted by atomic mass is 10.1. The number of nitrogens with zero attached hydrogens (tertiary/aromatic N) is 3. The zero-order valence-corrected chi connectivity index (χ0v) is 17.1. The molecule has 1 N–H and O–H groups in total. The van der Waals surface area contributed by atoms with Crippen LogP contribution in [0.5, 0.6) is 5.75 Å². The number of amides is 1. The number of fused-ring (bicyclic) bond motifs is 2. The van der Waals surface area contributed by atoms with Crippen LogP contribution in [0.4, 0.5) is 0 Å². The average molecular weight is 418 g/mol. The van der Waals surface area contributed by atoms with Crippen molar-refractivity contribution in [3.63, 3.8) is 0 Å². The Morgan fingerprint density at radius 3 is 2.71 bits per heavy atom. The lowest BCUT2D eigenvalue weighted by molar-refractivity contribution is 0.0622. The van der Waals surface area contributed by atoms with Crippen LogP contribution >= 0.6 is 0 Å². The van der Waals surface area contributed by atoms with Crippen LogP contribution in [0.15, 0.2) is 57.7 Å². The molecule has 4 aromatic rings. The molecule has 0 atom stereocenters. The van der Waals surface area contributed by atoms with E-state index in [1.54, 1.807) is 29.2 Å². The zero-order valence-electron chi connectivity index (χ0n) is 17.1. The molecule has 0 saturated carbocycles. The smallest absolute Gasteiger partial charge is 0.349 e. The van der Waals surface area contributed by atoms with E-state index in [9.17, 15) is 9.59 Å². The fourth-order valence-electron chi connectivity index (χ4n) is 4.00. The maximum Gasteiger partial charge on any atom is 0.349 e. The van der Waals surface area contributed by atoms with Crippen LogP contribution in [-0.4, -0.2) is 59.0 Å². The number of hydrogen-bond acceptors (Lipinski definition) is 6. The van der Waals surface area contributed by atoms with Gasteiger partial charge in [0.15, 0.2) is 11.3 Å². The number of imidazole rings is 1. The quantitative estimate of drug-likeness (QED) is 0.513. The van der Waals surface area contributed by atoms with Gasteiger partial charge in [-0.15, -0.1) is 0 Å². The molecular weight excluding hydrogens is 396 g/mol. The normalized spacial score (nSPS) is 14.9. The summed E-state index contributed by atoms with van der Waals surface area (Å²) in [4.78, 5) is 37.4. The van der Waals surface area contributed by atoms with Crippen molar-refractivity contribution in [2.24, 2.45) is 0 Å². The van der Waals surface area contributed by atoms with E-state index in [1.807, 2.05) is 24.3 Å². The predicted molar refractivity (Wildman–Crippen MR) is 116 cm³/mol. The Hall–Kier alpha value is -3.65. The Morgan fingerprint density at radius 1 is 1.13 bits per heavy atom. The molecule has 3 heterocycles. The molecule has 0 radical (unpaired) electrons. The van der Waals surface area contributed by atoms with Crippen molar-refractivity contribution in [3.05, 3.63) is 70.3 Å². The van der Waals surface area contributed by atoms with Gasteiger partial charge in [0.1, 0.15) is 11.4 Å². The van der Waals surface area contributed by atoms with Gasteiger partial charge in [-0.3, -0.25) is 9.69 Å². The molecule has 1 aliphatic rings. The molecule has 0 bridgehead atoms. The number of benzene rings is 2. The van der Waals surface area contributed by atoms with Gasteiger partial charge in [-0.05, 0) is 24.3 Å². The first kappa shape index (κ1) is 19.3. The number of carbonyl (C=O) groups excluding carboxylic acids is 1. The third-order valence-electron chi connectivity index (χ3n) is 5.65. The maximum absolute atomic E-state index is 13.0. The highest BCUT2D eigenvalue weighted by molar-refractivity contribution is 5.97. The molecule has 1 fully saturated rings. The fraction of sp³-hybridized carbons (Fsp3) is 0.261. The minimum absolute atomic E-state index is 0.0477. The molecule has 2 aromatic heterocycles. The first-order valence-electron chi connectivity index (χ1n) is 10.2. The van der Waals surface area contributed by atoms with Gasteiger partial charge in [-0.25, -0.2) is 9.78 Å². The summed E-state index contributed by atoms with van der Waals surface area (Å²) in [6, 6.07) is 14.8. The molecule has 158 valence electrons. The SMILES string of the molecule is COc1cccc2cc(C(=O)N3CCN(Cc4nc5ccccc5[nH]4)CC3)c(=O)oc12. The molecular formula is C23H22N4O4. The van der Waals surface area contributed by atoms with E-state index in [0.717, 1.165) is 16.9 Å². The van der Waals surface area contributed by atoms with Crippen molar-refractivity contribution in [3.8, 4) is 5.75 Å². The maximum atomic E-state index is 13.0. The van der Waals surface area contributed by atoms with E-state index in [4.69, 9.17) is 9.15 Å². The first-order chi connectivity index (χ1) is 15.1. The summed E-state index contributed by atoms with van der Waals surface area (Å²) < 4.78 is 10.6. The van der Waals surface area contributed by atoms with Crippen LogP contribution in [0.3, 0.4) is 0 Å². The number of H-pyrrole nitrogens is 1. The molecule has 2 aromatic carbocycles. The van der Waals surface area contributed by atoms with Crippen molar-refractivity contribution in [1.82, 2.24) is 19.8 Å². The number of aromatic amines is 1. The van der Waals surface area contributed by atoms with E-state index < -0.39 is 5.63 Å². The number of aromatic nitrogens is 2. The number of para-hydroxylation sites is 3.